The first-order chi connectivity index (χ1) is 10.4. The van der Waals surface area contributed by atoms with Crippen LogP contribution in [0.3, 0.4) is 0 Å². The SMILES string of the molecule is COc1cccc(S(=O)(=O)NCc2nccc(N(C)C)n2)c1. The zero-order chi connectivity index (χ0) is 16.2. The van der Waals surface area contributed by atoms with E-state index >= 15 is 0 Å². The molecule has 0 radical (unpaired) electrons. The highest BCUT2D eigenvalue weighted by Crippen LogP contribution is 2.17. The largest absolute Gasteiger partial charge is 0.497 e. The Kier molecular flexibility index (Phi) is 4.94. The van der Waals surface area contributed by atoms with Crippen LogP contribution in [-0.2, 0) is 16.6 Å². The van der Waals surface area contributed by atoms with Crippen LogP contribution in [-0.4, -0.2) is 39.6 Å². The van der Waals surface area contributed by atoms with Crippen molar-refractivity contribution in [2.75, 3.05) is 26.1 Å². The summed E-state index contributed by atoms with van der Waals surface area (Å²) in [7, 11) is 1.55. The van der Waals surface area contributed by atoms with E-state index in [0.29, 0.717) is 17.4 Å². The lowest BCUT2D eigenvalue weighted by Gasteiger charge is -2.12. The molecule has 0 aliphatic carbocycles. The van der Waals surface area contributed by atoms with Gasteiger partial charge >= 0.3 is 0 Å². The van der Waals surface area contributed by atoms with Gasteiger partial charge in [-0.15, -0.1) is 0 Å². The fourth-order valence-electron chi connectivity index (χ4n) is 1.73. The van der Waals surface area contributed by atoms with Gasteiger partial charge in [-0.2, -0.15) is 0 Å². The lowest BCUT2D eigenvalue weighted by atomic mass is 10.3. The summed E-state index contributed by atoms with van der Waals surface area (Å²) < 4.78 is 32.0. The van der Waals surface area contributed by atoms with Crippen molar-refractivity contribution in [1.82, 2.24) is 14.7 Å². The van der Waals surface area contributed by atoms with Crippen molar-refractivity contribution in [2.24, 2.45) is 0 Å². The van der Waals surface area contributed by atoms with E-state index in [9.17, 15) is 8.42 Å². The quantitative estimate of drug-likeness (QED) is 0.855. The molecule has 0 saturated carbocycles. The molecule has 1 N–H and O–H groups in total. The molecule has 118 valence electrons. The molecule has 7 nitrogen and oxygen atoms in total. The summed E-state index contributed by atoms with van der Waals surface area (Å²) in [5, 5.41) is 0. The van der Waals surface area contributed by atoms with Crippen LogP contribution in [0.25, 0.3) is 0 Å². The van der Waals surface area contributed by atoms with E-state index < -0.39 is 10.0 Å². The van der Waals surface area contributed by atoms with Gasteiger partial charge in [0.15, 0.2) is 0 Å². The molecule has 0 amide bonds. The molecular formula is C14H18N4O3S. The number of hydrogen-bond acceptors (Lipinski definition) is 6. The smallest absolute Gasteiger partial charge is 0.241 e. The minimum atomic E-state index is -3.65. The second kappa shape index (κ2) is 6.71. The van der Waals surface area contributed by atoms with Crippen molar-refractivity contribution in [3.8, 4) is 5.75 Å². The van der Waals surface area contributed by atoms with Crippen molar-refractivity contribution >= 4 is 15.8 Å². The Hall–Kier alpha value is -2.19. The molecular weight excluding hydrogens is 304 g/mol. The van der Waals surface area contributed by atoms with Gasteiger partial charge in [0.05, 0.1) is 18.6 Å². The third-order valence-electron chi connectivity index (χ3n) is 2.92. The Morgan fingerprint density at radius 2 is 2.05 bits per heavy atom. The molecule has 0 aliphatic rings. The van der Waals surface area contributed by atoms with Crippen LogP contribution in [0, 0.1) is 0 Å². The molecule has 0 atom stereocenters. The molecule has 0 unspecified atom stereocenters. The number of aromatic nitrogens is 2. The van der Waals surface area contributed by atoms with Gasteiger partial charge in [0.25, 0.3) is 0 Å². The molecule has 0 saturated heterocycles. The van der Waals surface area contributed by atoms with Crippen LogP contribution in [0.4, 0.5) is 5.82 Å². The summed E-state index contributed by atoms with van der Waals surface area (Å²) in [6.07, 6.45) is 1.59. The first kappa shape index (κ1) is 16.2. The Bertz CT molecular complexity index is 747. The van der Waals surface area contributed by atoms with E-state index in [1.165, 1.54) is 19.2 Å². The van der Waals surface area contributed by atoms with E-state index in [4.69, 9.17) is 4.74 Å². The maximum atomic E-state index is 12.3. The second-order valence-electron chi connectivity index (χ2n) is 4.73. The zero-order valence-electron chi connectivity index (χ0n) is 12.6. The lowest BCUT2D eigenvalue weighted by Crippen LogP contribution is -2.24. The van der Waals surface area contributed by atoms with Crippen LogP contribution in [0.2, 0.25) is 0 Å². The molecule has 0 spiro atoms. The van der Waals surface area contributed by atoms with Crippen molar-refractivity contribution in [2.45, 2.75) is 11.4 Å². The second-order valence-corrected chi connectivity index (χ2v) is 6.50. The monoisotopic (exact) mass is 322 g/mol. The molecule has 0 fully saturated rings. The number of rotatable bonds is 6. The van der Waals surface area contributed by atoms with Gasteiger partial charge in [0.2, 0.25) is 10.0 Å². The van der Waals surface area contributed by atoms with Crippen molar-refractivity contribution in [3.05, 3.63) is 42.4 Å². The summed E-state index contributed by atoms with van der Waals surface area (Å²) >= 11 is 0. The molecule has 2 aromatic rings. The highest BCUT2D eigenvalue weighted by molar-refractivity contribution is 7.89. The Balaban J connectivity index is 2.14. The highest BCUT2D eigenvalue weighted by atomic mass is 32.2. The maximum Gasteiger partial charge on any atom is 0.241 e. The third-order valence-corrected chi connectivity index (χ3v) is 4.32. The summed E-state index contributed by atoms with van der Waals surface area (Å²) in [6, 6.07) is 8.01. The van der Waals surface area contributed by atoms with E-state index in [0.717, 1.165) is 0 Å². The number of benzene rings is 1. The molecule has 1 aromatic carbocycles. The van der Waals surface area contributed by atoms with E-state index in [2.05, 4.69) is 14.7 Å². The average Bonchev–Trinajstić information content (AvgIpc) is 2.53. The molecule has 0 bridgehead atoms. The number of anilines is 1. The number of nitrogens with one attached hydrogen (secondary N) is 1. The minimum absolute atomic E-state index is 0.0151. The predicted octanol–water partition coefficient (Wildman–Crippen LogP) is 1.03. The van der Waals surface area contributed by atoms with Gasteiger partial charge in [0.1, 0.15) is 17.4 Å². The molecule has 22 heavy (non-hydrogen) atoms. The van der Waals surface area contributed by atoms with Crippen molar-refractivity contribution in [3.63, 3.8) is 0 Å². The van der Waals surface area contributed by atoms with Gasteiger partial charge in [-0.25, -0.2) is 23.1 Å². The number of ether oxygens (including phenoxy) is 1. The number of hydrogen-bond donors (Lipinski definition) is 1. The third kappa shape index (κ3) is 3.92. The summed E-state index contributed by atoms with van der Waals surface area (Å²) in [6.45, 7) is 0.0151. The standard InChI is InChI=1S/C14H18N4O3S/c1-18(2)14-7-8-15-13(17-14)10-16-22(19,20)12-6-4-5-11(9-12)21-3/h4-9,16H,10H2,1-3H3. The van der Waals surface area contributed by atoms with Gasteiger partial charge in [0, 0.05) is 26.4 Å². The predicted molar refractivity (Wildman–Crippen MR) is 83.4 cm³/mol. The number of sulfonamides is 1. The van der Waals surface area contributed by atoms with Crippen LogP contribution in [0.15, 0.2) is 41.4 Å². The van der Waals surface area contributed by atoms with E-state index in [1.807, 2.05) is 19.0 Å². The normalized spacial score (nSPS) is 11.2. The fraction of sp³-hybridized carbons (Fsp3) is 0.286. The van der Waals surface area contributed by atoms with Crippen LogP contribution >= 0.6 is 0 Å². The topological polar surface area (TPSA) is 84.4 Å². The Morgan fingerprint density at radius 3 is 2.73 bits per heavy atom. The molecule has 1 aromatic heterocycles. The summed E-state index contributed by atoms with van der Waals surface area (Å²) in [5.74, 6) is 1.59. The zero-order valence-corrected chi connectivity index (χ0v) is 13.5. The van der Waals surface area contributed by atoms with E-state index in [-0.39, 0.29) is 11.4 Å². The van der Waals surface area contributed by atoms with Gasteiger partial charge in [-0.05, 0) is 18.2 Å². The average molecular weight is 322 g/mol. The van der Waals surface area contributed by atoms with Gasteiger partial charge in [-0.3, -0.25) is 0 Å². The molecule has 1 heterocycles. The lowest BCUT2D eigenvalue weighted by molar-refractivity contribution is 0.413. The van der Waals surface area contributed by atoms with Crippen LogP contribution in [0.5, 0.6) is 5.75 Å². The van der Waals surface area contributed by atoms with Crippen molar-refractivity contribution < 1.29 is 13.2 Å². The summed E-state index contributed by atoms with van der Waals surface area (Å²) in [4.78, 5) is 10.3. The first-order valence-electron chi connectivity index (χ1n) is 6.55. The first-order valence-corrected chi connectivity index (χ1v) is 8.03. The van der Waals surface area contributed by atoms with Crippen LogP contribution in [0.1, 0.15) is 5.82 Å². The van der Waals surface area contributed by atoms with Gasteiger partial charge in [-0.1, -0.05) is 6.07 Å². The Morgan fingerprint density at radius 1 is 1.27 bits per heavy atom. The minimum Gasteiger partial charge on any atom is -0.497 e. The van der Waals surface area contributed by atoms with E-state index in [1.54, 1.807) is 24.4 Å². The fourth-order valence-corrected chi connectivity index (χ4v) is 2.75. The highest BCUT2D eigenvalue weighted by Gasteiger charge is 2.15. The maximum absolute atomic E-state index is 12.3. The summed E-state index contributed by atoms with van der Waals surface area (Å²) in [5.41, 5.74) is 0. The van der Waals surface area contributed by atoms with Crippen molar-refractivity contribution in [1.29, 1.82) is 0 Å². The number of nitrogens with zero attached hydrogens (tertiary/aromatic N) is 3. The molecule has 8 heteroatoms. The van der Waals surface area contributed by atoms with Crippen LogP contribution < -0.4 is 14.4 Å². The molecule has 0 aliphatic heterocycles. The Labute approximate surface area is 130 Å². The number of methoxy groups -OCH3 is 1. The van der Waals surface area contributed by atoms with Gasteiger partial charge < -0.3 is 9.64 Å². The molecule has 2 rings (SSSR count).